The van der Waals surface area contributed by atoms with E-state index in [2.05, 4.69) is 9.72 Å². The summed E-state index contributed by atoms with van der Waals surface area (Å²) in [5, 5.41) is 0.857. The summed E-state index contributed by atoms with van der Waals surface area (Å²) in [5.41, 5.74) is 0.901. The van der Waals surface area contributed by atoms with Gasteiger partial charge in [-0.05, 0) is 12.1 Å². The molecule has 1 heterocycles. The van der Waals surface area contributed by atoms with Crippen LogP contribution in [0.3, 0.4) is 0 Å². The molecule has 0 unspecified atom stereocenters. The Bertz CT molecular complexity index is 596. The molecule has 0 amide bonds. The monoisotopic (exact) mass is 269 g/mol. The quantitative estimate of drug-likeness (QED) is 0.801. The second-order valence-corrected chi connectivity index (χ2v) is 3.94. The lowest BCUT2D eigenvalue weighted by atomic mass is 10.1. The Morgan fingerprint density at radius 3 is 2.79 bits per heavy atom. The number of ketones is 1. The Morgan fingerprint density at radius 1 is 1.26 bits per heavy atom. The van der Waals surface area contributed by atoms with E-state index in [0.29, 0.717) is 5.52 Å². The van der Waals surface area contributed by atoms with Crippen molar-refractivity contribution in [3.63, 3.8) is 0 Å². The van der Waals surface area contributed by atoms with Gasteiger partial charge in [-0.15, -0.1) is 0 Å². The molecule has 2 aromatic rings. The number of fused-ring (bicyclic) bond motifs is 1. The van der Waals surface area contributed by atoms with Gasteiger partial charge >= 0.3 is 6.18 Å². The number of carbonyl (C=O) groups excluding carboxylic acids is 1. The largest absolute Gasteiger partial charge is 0.411 e. The average Bonchev–Trinajstić information content (AvgIpc) is 2.36. The van der Waals surface area contributed by atoms with Crippen LogP contribution in [0, 0.1) is 0 Å². The Hall–Kier alpha value is -1.95. The molecule has 0 aliphatic heterocycles. The molecular formula is C13H10F3NO2. The van der Waals surface area contributed by atoms with Gasteiger partial charge in [0.1, 0.15) is 13.2 Å². The fourth-order valence-electron chi connectivity index (χ4n) is 1.58. The summed E-state index contributed by atoms with van der Waals surface area (Å²) in [4.78, 5) is 15.7. The van der Waals surface area contributed by atoms with E-state index < -0.39 is 25.2 Å². The summed E-state index contributed by atoms with van der Waals surface area (Å²) >= 11 is 0. The zero-order chi connectivity index (χ0) is 13.9. The van der Waals surface area contributed by atoms with Crippen LogP contribution in [0.15, 0.2) is 36.5 Å². The number of pyridine rings is 1. The van der Waals surface area contributed by atoms with Crippen LogP contribution in [0.5, 0.6) is 0 Å². The molecule has 0 spiro atoms. The Labute approximate surface area is 107 Å². The van der Waals surface area contributed by atoms with Gasteiger partial charge in [0.2, 0.25) is 0 Å². The maximum atomic E-state index is 11.9. The number of rotatable bonds is 4. The van der Waals surface area contributed by atoms with Crippen LogP contribution >= 0.6 is 0 Å². The Morgan fingerprint density at radius 2 is 2.05 bits per heavy atom. The summed E-state index contributed by atoms with van der Waals surface area (Å²) in [6.07, 6.45) is -2.85. The second-order valence-electron chi connectivity index (χ2n) is 3.94. The third-order valence-corrected chi connectivity index (χ3v) is 2.43. The predicted molar refractivity (Wildman–Crippen MR) is 62.9 cm³/mol. The summed E-state index contributed by atoms with van der Waals surface area (Å²) < 4.78 is 39.9. The number of benzene rings is 1. The highest BCUT2D eigenvalue weighted by Crippen LogP contribution is 2.16. The van der Waals surface area contributed by atoms with Crippen molar-refractivity contribution in [2.75, 3.05) is 13.2 Å². The number of hydrogen-bond donors (Lipinski definition) is 0. The van der Waals surface area contributed by atoms with Crippen molar-refractivity contribution in [2.24, 2.45) is 0 Å². The molecular weight excluding hydrogens is 259 g/mol. The van der Waals surface area contributed by atoms with Crippen molar-refractivity contribution in [1.82, 2.24) is 4.98 Å². The van der Waals surface area contributed by atoms with Gasteiger partial charge in [0.15, 0.2) is 5.78 Å². The molecule has 0 N–H and O–H groups in total. The molecule has 0 radical (unpaired) electrons. The van der Waals surface area contributed by atoms with Gasteiger partial charge in [-0.2, -0.15) is 13.2 Å². The summed E-state index contributed by atoms with van der Waals surface area (Å²) in [6, 6.07) is 8.37. The van der Waals surface area contributed by atoms with Crippen LogP contribution in [0.25, 0.3) is 10.9 Å². The fourth-order valence-corrected chi connectivity index (χ4v) is 1.58. The molecule has 3 nitrogen and oxygen atoms in total. The van der Waals surface area contributed by atoms with Crippen LogP contribution in [-0.2, 0) is 4.74 Å². The zero-order valence-corrected chi connectivity index (χ0v) is 9.78. The minimum Gasteiger partial charge on any atom is -0.364 e. The zero-order valence-electron chi connectivity index (χ0n) is 9.78. The number of aromatic nitrogens is 1. The number of nitrogens with zero attached hydrogens (tertiary/aromatic N) is 1. The number of carbonyl (C=O) groups is 1. The van der Waals surface area contributed by atoms with Crippen LogP contribution in [0.1, 0.15) is 10.4 Å². The number of ether oxygens (including phenoxy) is 1. The van der Waals surface area contributed by atoms with Crippen LogP contribution in [-0.4, -0.2) is 30.2 Å². The van der Waals surface area contributed by atoms with E-state index in [1.807, 2.05) is 6.07 Å². The number of Topliss-reactive ketones (excluding diaryl/α,β-unsaturated/α-hetero) is 1. The van der Waals surface area contributed by atoms with Gasteiger partial charge < -0.3 is 4.74 Å². The minimum atomic E-state index is -4.43. The van der Waals surface area contributed by atoms with E-state index in [9.17, 15) is 18.0 Å². The molecule has 19 heavy (non-hydrogen) atoms. The molecule has 1 aromatic heterocycles. The highest BCUT2D eigenvalue weighted by molar-refractivity contribution is 6.00. The van der Waals surface area contributed by atoms with E-state index in [1.54, 1.807) is 24.4 Å². The first kappa shape index (κ1) is 13.5. The Kier molecular flexibility index (Phi) is 3.80. The maximum Gasteiger partial charge on any atom is 0.411 e. The van der Waals surface area contributed by atoms with Gasteiger partial charge in [-0.25, -0.2) is 0 Å². The van der Waals surface area contributed by atoms with Gasteiger partial charge in [0.05, 0.1) is 5.52 Å². The van der Waals surface area contributed by atoms with Crippen molar-refractivity contribution in [1.29, 1.82) is 0 Å². The number of halogens is 3. The van der Waals surface area contributed by atoms with Crippen molar-refractivity contribution in [2.45, 2.75) is 6.18 Å². The highest BCUT2D eigenvalue weighted by Gasteiger charge is 2.27. The molecule has 0 fully saturated rings. The normalized spacial score (nSPS) is 11.7. The first-order valence-electron chi connectivity index (χ1n) is 5.48. The molecule has 2 rings (SSSR count). The van der Waals surface area contributed by atoms with E-state index >= 15 is 0 Å². The third kappa shape index (κ3) is 3.75. The van der Waals surface area contributed by atoms with Crippen molar-refractivity contribution in [3.05, 3.63) is 42.1 Å². The van der Waals surface area contributed by atoms with E-state index in [4.69, 9.17) is 0 Å². The Balaban J connectivity index is 2.05. The highest BCUT2D eigenvalue weighted by atomic mass is 19.4. The predicted octanol–water partition coefficient (Wildman–Crippen LogP) is 3.00. The smallest absolute Gasteiger partial charge is 0.364 e. The lowest BCUT2D eigenvalue weighted by molar-refractivity contribution is -0.170. The topological polar surface area (TPSA) is 39.2 Å². The van der Waals surface area contributed by atoms with Crippen LogP contribution < -0.4 is 0 Å². The molecule has 0 saturated heterocycles. The number of alkyl halides is 3. The summed E-state index contributed by atoms with van der Waals surface area (Å²) in [5.74, 6) is -0.503. The molecule has 0 atom stereocenters. The van der Waals surface area contributed by atoms with E-state index in [-0.39, 0.29) is 5.56 Å². The fraction of sp³-hybridized carbons (Fsp3) is 0.231. The summed E-state index contributed by atoms with van der Waals surface area (Å²) in [6.45, 7) is -2.03. The minimum absolute atomic E-state index is 0.286. The molecule has 0 aliphatic carbocycles. The van der Waals surface area contributed by atoms with Gasteiger partial charge in [-0.3, -0.25) is 9.78 Å². The van der Waals surface area contributed by atoms with Crippen molar-refractivity contribution < 1.29 is 22.7 Å². The molecule has 0 aliphatic rings. The standard InChI is InChI=1S/C13H10F3NO2/c14-13(15,16)8-19-7-12(18)10-4-3-9-2-1-5-17-11(9)6-10/h1-6H,7-8H2. The van der Waals surface area contributed by atoms with Gasteiger partial charge in [0, 0.05) is 17.1 Å². The van der Waals surface area contributed by atoms with Crippen molar-refractivity contribution >= 4 is 16.7 Å². The van der Waals surface area contributed by atoms with Gasteiger partial charge in [0.25, 0.3) is 0 Å². The van der Waals surface area contributed by atoms with Crippen molar-refractivity contribution in [3.8, 4) is 0 Å². The number of hydrogen-bond acceptors (Lipinski definition) is 3. The second kappa shape index (κ2) is 5.36. The SMILES string of the molecule is O=C(COCC(F)(F)F)c1ccc2cccnc2c1. The molecule has 0 bridgehead atoms. The maximum absolute atomic E-state index is 11.9. The summed E-state index contributed by atoms with van der Waals surface area (Å²) in [7, 11) is 0. The van der Waals surface area contributed by atoms with Crippen LogP contribution in [0.4, 0.5) is 13.2 Å². The van der Waals surface area contributed by atoms with Gasteiger partial charge in [-0.1, -0.05) is 18.2 Å². The average molecular weight is 269 g/mol. The van der Waals surface area contributed by atoms with E-state index in [1.165, 1.54) is 6.07 Å². The first-order valence-corrected chi connectivity index (χ1v) is 5.48. The molecule has 0 saturated carbocycles. The lowest BCUT2D eigenvalue weighted by Gasteiger charge is -2.07. The molecule has 1 aromatic carbocycles. The first-order chi connectivity index (χ1) is 8.96. The lowest BCUT2D eigenvalue weighted by Crippen LogP contribution is -2.20. The van der Waals surface area contributed by atoms with Crippen LogP contribution in [0.2, 0.25) is 0 Å². The molecule has 100 valence electrons. The van der Waals surface area contributed by atoms with E-state index in [0.717, 1.165) is 5.39 Å². The third-order valence-electron chi connectivity index (χ3n) is 2.43. The molecule has 6 heteroatoms.